The van der Waals surface area contributed by atoms with Crippen LogP contribution in [0, 0.1) is 6.92 Å². The summed E-state index contributed by atoms with van der Waals surface area (Å²) in [7, 11) is 3.29. The third-order valence-corrected chi connectivity index (χ3v) is 4.19. The minimum absolute atomic E-state index is 0.748. The second-order valence-electron chi connectivity index (χ2n) is 4.25. The van der Waals surface area contributed by atoms with Crippen LogP contribution in [-0.2, 0) is 12.3 Å². The molecule has 0 saturated carbocycles. The van der Waals surface area contributed by atoms with E-state index in [1.807, 2.05) is 16.8 Å². The zero-order valence-electron chi connectivity index (χ0n) is 12.2. The number of benzene rings is 1. The molecule has 20 heavy (non-hydrogen) atoms. The molecule has 1 aromatic carbocycles. The average molecular weight is 293 g/mol. The van der Waals surface area contributed by atoms with E-state index in [1.165, 1.54) is 0 Å². The Morgan fingerprint density at radius 3 is 2.55 bits per heavy atom. The number of rotatable bonds is 6. The van der Waals surface area contributed by atoms with Crippen molar-refractivity contribution < 1.29 is 9.47 Å². The quantitative estimate of drug-likeness (QED) is 0.766. The summed E-state index contributed by atoms with van der Waals surface area (Å²) < 4.78 is 12.5. The van der Waals surface area contributed by atoms with Crippen LogP contribution in [0.3, 0.4) is 0 Å². The highest BCUT2D eigenvalue weighted by Gasteiger charge is 2.10. The van der Waals surface area contributed by atoms with Crippen LogP contribution in [-0.4, -0.2) is 29.0 Å². The Bertz CT molecular complexity index is 584. The monoisotopic (exact) mass is 293 g/mol. The van der Waals surface area contributed by atoms with Gasteiger partial charge in [0.1, 0.15) is 12.2 Å². The van der Waals surface area contributed by atoms with Crippen molar-refractivity contribution in [2.45, 2.75) is 31.0 Å². The highest BCUT2D eigenvalue weighted by Crippen LogP contribution is 2.35. The SMILES string of the molecule is CCn1ncnc1CSc1cc(OC)c(OC)cc1C. The Hall–Kier alpha value is -1.69. The van der Waals surface area contributed by atoms with E-state index in [2.05, 4.69) is 23.9 Å². The van der Waals surface area contributed by atoms with Crippen molar-refractivity contribution in [3.63, 3.8) is 0 Å². The number of thioether (sulfide) groups is 1. The molecule has 0 bridgehead atoms. The van der Waals surface area contributed by atoms with Gasteiger partial charge in [0.05, 0.1) is 20.0 Å². The lowest BCUT2D eigenvalue weighted by Crippen LogP contribution is -2.02. The lowest BCUT2D eigenvalue weighted by molar-refractivity contribution is 0.353. The predicted octanol–water partition coefficient (Wildman–Crippen LogP) is 2.92. The molecule has 0 radical (unpaired) electrons. The van der Waals surface area contributed by atoms with E-state index in [4.69, 9.17) is 9.47 Å². The number of methoxy groups -OCH3 is 2. The Kier molecular flexibility index (Phi) is 4.89. The maximum absolute atomic E-state index is 5.34. The molecule has 2 aromatic rings. The van der Waals surface area contributed by atoms with Crippen LogP contribution in [0.2, 0.25) is 0 Å². The summed E-state index contributed by atoms with van der Waals surface area (Å²) in [5.74, 6) is 3.26. The first-order chi connectivity index (χ1) is 9.69. The fourth-order valence-electron chi connectivity index (χ4n) is 1.92. The lowest BCUT2D eigenvalue weighted by atomic mass is 10.2. The van der Waals surface area contributed by atoms with Gasteiger partial charge in [-0.15, -0.1) is 11.8 Å². The number of hydrogen-bond acceptors (Lipinski definition) is 5. The van der Waals surface area contributed by atoms with E-state index in [9.17, 15) is 0 Å². The van der Waals surface area contributed by atoms with Gasteiger partial charge < -0.3 is 9.47 Å². The smallest absolute Gasteiger partial charge is 0.161 e. The van der Waals surface area contributed by atoms with Gasteiger partial charge in [-0.2, -0.15) is 5.10 Å². The van der Waals surface area contributed by atoms with Gasteiger partial charge in [0.15, 0.2) is 11.5 Å². The number of aryl methyl sites for hydroxylation is 2. The van der Waals surface area contributed by atoms with Gasteiger partial charge in [-0.05, 0) is 31.5 Å². The highest BCUT2D eigenvalue weighted by atomic mass is 32.2. The van der Waals surface area contributed by atoms with E-state index < -0.39 is 0 Å². The molecule has 0 spiro atoms. The van der Waals surface area contributed by atoms with Gasteiger partial charge in [0.2, 0.25) is 0 Å². The van der Waals surface area contributed by atoms with Crippen molar-refractivity contribution >= 4 is 11.8 Å². The molecule has 0 aliphatic heterocycles. The van der Waals surface area contributed by atoms with Gasteiger partial charge >= 0.3 is 0 Å². The zero-order chi connectivity index (χ0) is 14.5. The topological polar surface area (TPSA) is 49.2 Å². The molecule has 0 amide bonds. The molecule has 0 unspecified atom stereocenters. The molecule has 0 saturated heterocycles. The van der Waals surface area contributed by atoms with Crippen molar-refractivity contribution in [1.29, 1.82) is 0 Å². The van der Waals surface area contributed by atoms with E-state index in [0.29, 0.717) is 0 Å². The van der Waals surface area contributed by atoms with Crippen LogP contribution in [0.5, 0.6) is 11.5 Å². The second kappa shape index (κ2) is 6.65. The number of nitrogens with zero attached hydrogens (tertiary/aromatic N) is 3. The van der Waals surface area contributed by atoms with Crippen molar-refractivity contribution in [2.75, 3.05) is 14.2 Å². The van der Waals surface area contributed by atoms with Crippen LogP contribution in [0.1, 0.15) is 18.3 Å². The molecule has 0 fully saturated rings. The fourth-order valence-corrected chi connectivity index (χ4v) is 2.91. The van der Waals surface area contributed by atoms with Gasteiger partial charge in [-0.25, -0.2) is 9.67 Å². The molecule has 0 N–H and O–H groups in total. The van der Waals surface area contributed by atoms with Crippen LogP contribution in [0.15, 0.2) is 23.4 Å². The third kappa shape index (κ3) is 3.07. The summed E-state index contributed by atoms with van der Waals surface area (Å²) in [5, 5.41) is 4.18. The minimum atomic E-state index is 0.748. The predicted molar refractivity (Wildman–Crippen MR) is 79.5 cm³/mol. The molecule has 6 heteroatoms. The first kappa shape index (κ1) is 14.7. The molecular weight excluding hydrogens is 274 g/mol. The van der Waals surface area contributed by atoms with Crippen LogP contribution in [0.4, 0.5) is 0 Å². The van der Waals surface area contributed by atoms with Crippen LogP contribution in [0.25, 0.3) is 0 Å². The fraction of sp³-hybridized carbons (Fsp3) is 0.429. The van der Waals surface area contributed by atoms with Crippen molar-refractivity contribution in [2.24, 2.45) is 0 Å². The maximum Gasteiger partial charge on any atom is 0.161 e. The first-order valence-corrected chi connectivity index (χ1v) is 7.40. The van der Waals surface area contributed by atoms with E-state index in [1.54, 1.807) is 32.3 Å². The Morgan fingerprint density at radius 2 is 1.90 bits per heavy atom. The van der Waals surface area contributed by atoms with Crippen molar-refractivity contribution in [3.8, 4) is 11.5 Å². The number of ether oxygens (including phenoxy) is 2. The molecule has 0 aliphatic carbocycles. The van der Waals surface area contributed by atoms with Gasteiger partial charge in [0.25, 0.3) is 0 Å². The second-order valence-corrected chi connectivity index (χ2v) is 5.27. The summed E-state index contributed by atoms with van der Waals surface area (Å²) in [5.41, 5.74) is 1.16. The lowest BCUT2D eigenvalue weighted by Gasteiger charge is -2.12. The number of aromatic nitrogens is 3. The van der Waals surface area contributed by atoms with Gasteiger partial charge in [0, 0.05) is 11.4 Å². The summed E-state index contributed by atoms with van der Waals surface area (Å²) in [6, 6.07) is 4.00. The molecule has 5 nitrogen and oxygen atoms in total. The zero-order valence-corrected chi connectivity index (χ0v) is 13.0. The standard InChI is InChI=1S/C14H19N3O2S/c1-5-17-14(15-9-16-17)8-20-13-7-12(19-4)11(18-3)6-10(13)2/h6-7,9H,5,8H2,1-4H3. The molecular formula is C14H19N3O2S. The summed E-state index contributed by atoms with van der Waals surface area (Å²) in [4.78, 5) is 5.44. The van der Waals surface area contributed by atoms with Crippen LogP contribution < -0.4 is 9.47 Å². The third-order valence-electron chi connectivity index (χ3n) is 3.03. The van der Waals surface area contributed by atoms with E-state index >= 15 is 0 Å². The Balaban J connectivity index is 2.17. The molecule has 0 aliphatic rings. The van der Waals surface area contributed by atoms with E-state index in [0.717, 1.165) is 40.1 Å². The van der Waals surface area contributed by atoms with Crippen LogP contribution >= 0.6 is 11.8 Å². The minimum Gasteiger partial charge on any atom is -0.493 e. The molecule has 108 valence electrons. The molecule has 1 heterocycles. The highest BCUT2D eigenvalue weighted by molar-refractivity contribution is 7.98. The van der Waals surface area contributed by atoms with Gasteiger partial charge in [-0.3, -0.25) is 0 Å². The first-order valence-electron chi connectivity index (χ1n) is 6.41. The summed E-state index contributed by atoms with van der Waals surface area (Å²) >= 11 is 1.72. The van der Waals surface area contributed by atoms with Crippen molar-refractivity contribution in [1.82, 2.24) is 14.8 Å². The van der Waals surface area contributed by atoms with Crippen molar-refractivity contribution in [3.05, 3.63) is 29.8 Å². The summed E-state index contributed by atoms with van der Waals surface area (Å²) in [6.45, 7) is 4.96. The Morgan fingerprint density at radius 1 is 1.20 bits per heavy atom. The van der Waals surface area contributed by atoms with E-state index in [-0.39, 0.29) is 0 Å². The molecule has 2 rings (SSSR count). The average Bonchev–Trinajstić information content (AvgIpc) is 2.93. The Labute approximate surface area is 123 Å². The normalized spacial score (nSPS) is 10.6. The molecule has 1 aromatic heterocycles. The molecule has 0 atom stereocenters. The summed E-state index contributed by atoms with van der Waals surface area (Å²) in [6.07, 6.45) is 1.60. The maximum atomic E-state index is 5.34. The largest absolute Gasteiger partial charge is 0.493 e. The van der Waals surface area contributed by atoms with Gasteiger partial charge in [-0.1, -0.05) is 0 Å². The number of hydrogen-bond donors (Lipinski definition) is 0.